The molecule has 3 nitrogen and oxygen atoms in total. The monoisotopic (exact) mass is 169 g/mol. The molecule has 2 bridgehead atoms. The average Bonchev–Trinajstić information content (AvgIpc) is 2.44. The van der Waals surface area contributed by atoms with Gasteiger partial charge in [0, 0.05) is 31.8 Å². The molecular weight excluding hydrogens is 154 g/mol. The van der Waals surface area contributed by atoms with Crippen molar-refractivity contribution in [3.8, 4) is 0 Å². The third-order valence-corrected chi connectivity index (χ3v) is 3.07. The lowest BCUT2D eigenvalue weighted by atomic mass is 10.1. The third-order valence-electron chi connectivity index (χ3n) is 3.07. The summed E-state index contributed by atoms with van der Waals surface area (Å²) in [6, 6.07) is 0.666. The van der Waals surface area contributed by atoms with Crippen molar-refractivity contribution in [3.05, 3.63) is 0 Å². The number of ether oxygens (including phenoxy) is 1. The van der Waals surface area contributed by atoms with Crippen LogP contribution in [0.5, 0.6) is 0 Å². The van der Waals surface area contributed by atoms with Crippen LogP contribution >= 0.6 is 0 Å². The Balaban J connectivity index is 1.94. The SMILES string of the molecule is CC(=O)O[C@H]1C[C@H]2C[C@@H]1CN2C. The molecule has 12 heavy (non-hydrogen) atoms. The lowest BCUT2D eigenvalue weighted by molar-refractivity contribution is -0.149. The van der Waals surface area contributed by atoms with E-state index >= 15 is 0 Å². The predicted molar refractivity (Wildman–Crippen MR) is 44.7 cm³/mol. The van der Waals surface area contributed by atoms with Gasteiger partial charge in [0.15, 0.2) is 0 Å². The quantitative estimate of drug-likeness (QED) is 0.539. The lowest BCUT2D eigenvalue weighted by Gasteiger charge is -2.27. The smallest absolute Gasteiger partial charge is 0.302 e. The fourth-order valence-electron chi connectivity index (χ4n) is 2.49. The van der Waals surface area contributed by atoms with Gasteiger partial charge in [-0.05, 0) is 13.5 Å². The van der Waals surface area contributed by atoms with Crippen molar-refractivity contribution >= 4 is 5.97 Å². The summed E-state index contributed by atoms with van der Waals surface area (Å²) in [7, 11) is 2.15. The highest BCUT2D eigenvalue weighted by Gasteiger charge is 2.44. The summed E-state index contributed by atoms with van der Waals surface area (Å²) in [6.45, 7) is 2.60. The Morgan fingerprint density at radius 1 is 1.50 bits per heavy atom. The van der Waals surface area contributed by atoms with Crippen LogP contribution in [-0.4, -0.2) is 36.6 Å². The lowest BCUT2D eigenvalue weighted by Crippen LogP contribution is -2.36. The summed E-state index contributed by atoms with van der Waals surface area (Å²) in [5.41, 5.74) is 0. The first kappa shape index (κ1) is 8.05. The molecule has 2 rings (SSSR count). The van der Waals surface area contributed by atoms with E-state index in [1.165, 1.54) is 13.3 Å². The molecule has 2 aliphatic rings. The molecule has 0 aromatic carbocycles. The molecule has 1 saturated carbocycles. The van der Waals surface area contributed by atoms with E-state index < -0.39 is 0 Å². The van der Waals surface area contributed by atoms with Gasteiger partial charge >= 0.3 is 5.97 Å². The molecule has 3 heteroatoms. The Labute approximate surface area is 72.7 Å². The van der Waals surface area contributed by atoms with Gasteiger partial charge in [-0.25, -0.2) is 0 Å². The minimum absolute atomic E-state index is 0.129. The number of carbonyl (C=O) groups is 1. The van der Waals surface area contributed by atoms with Crippen LogP contribution in [0.4, 0.5) is 0 Å². The van der Waals surface area contributed by atoms with E-state index in [0.717, 1.165) is 13.0 Å². The van der Waals surface area contributed by atoms with E-state index in [1.54, 1.807) is 0 Å². The number of rotatable bonds is 1. The number of nitrogens with zero attached hydrogens (tertiary/aromatic N) is 1. The molecule has 2 fully saturated rings. The van der Waals surface area contributed by atoms with Crippen LogP contribution in [0.2, 0.25) is 0 Å². The molecule has 0 spiro atoms. The minimum Gasteiger partial charge on any atom is -0.462 e. The van der Waals surface area contributed by atoms with Crippen molar-refractivity contribution in [2.75, 3.05) is 13.6 Å². The fraction of sp³-hybridized carbons (Fsp3) is 0.889. The average molecular weight is 169 g/mol. The second-order valence-corrected chi connectivity index (χ2v) is 3.97. The van der Waals surface area contributed by atoms with E-state index in [1.807, 2.05) is 0 Å². The van der Waals surface area contributed by atoms with Crippen molar-refractivity contribution < 1.29 is 9.53 Å². The van der Waals surface area contributed by atoms with Gasteiger partial charge in [0.1, 0.15) is 6.10 Å². The van der Waals surface area contributed by atoms with E-state index in [-0.39, 0.29) is 12.1 Å². The van der Waals surface area contributed by atoms with Crippen molar-refractivity contribution in [1.29, 1.82) is 0 Å². The van der Waals surface area contributed by atoms with Gasteiger partial charge < -0.3 is 9.64 Å². The van der Waals surface area contributed by atoms with Crippen LogP contribution in [-0.2, 0) is 9.53 Å². The maximum absolute atomic E-state index is 10.7. The topological polar surface area (TPSA) is 29.5 Å². The van der Waals surface area contributed by atoms with Gasteiger partial charge in [0.05, 0.1) is 0 Å². The fourth-order valence-corrected chi connectivity index (χ4v) is 2.49. The van der Waals surface area contributed by atoms with Crippen LogP contribution in [0.3, 0.4) is 0 Å². The Morgan fingerprint density at radius 3 is 2.67 bits per heavy atom. The van der Waals surface area contributed by atoms with Crippen molar-refractivity contribution in [2.45, 2.75) is 31.9 Å². The second-order valence-electron chi connectivity index (χ2n) is 3.97. The number of likely N-dealkylation sites (tertiary alicyclic amines) is 1. The molecular formula is C9H15NO2. The van der Waals surface area contributed by atoms with E-state index in [2.05, 4.69) is 11.9 Å². The normalized spacial score (nSPS) is 40.3. The van der Waals surface area contributed by atoms with Crippen molar-refractivity contribution in [3.63, 3.8) is 0 Å². The number of piperidine rings is 1. The highest BCUT2D eigenvalue weighted by Crippen LogP contribution is 2.38. The molecule has 0 amide bonds. The summed E-state index contributed by atoms with van der Waals surface area (Å²) in [5, 5.41) is 0. The zero-order valence-corrected chi connectivity index (χ0v) is 7.62. The Bertz CT molecular complexity index is 203. The first-order valence-electron chi connectivity index (χ1n) is 4.54. The molecule has 1 saturated heterocycles. The first-order chi connectivity index (χ1) is 5.66. The predicted octanol–water partition coefficient (Wildman–Crippen LogP) is 0.642. The molecule has 0 unspecified atom stereocenters. The maximum atomic E-state index is 10.7. The number of carbonyl (C=O) groups excluding carboxylic acids is 1. The maximum Gasteiger partial charge on any atom is 0.302 e. The molecule has 0 N–H and O–H groups in total. The van der Waals surface area contributed by atoms with Crippen LogP contribution in [0.25, 0.3) is 0 Å². The van der Waals surface area contributed by atoms with Gasteiger partial charge in [-0.15, -0.1) is 0 Å². The van der Waals surface area contributed by atoms with Crippen LogP contribution in [0.15, 0.2) is 0 Å². The zero-order chi connectivity index (χ0) is 8.72. The van der Waals surface area contributed by atoms with Crippen molar-refractivity contribution in [1.82, 2.24) is 4.90 Å². The summed E-state index contributed by atoms with van der Waals surface area (Å²) < 4.78 is 5.23. The van der Waals surface area contributed by atoms with Crippen LogP contribution in [0.1, 0.15) is 19.8 Å². The van der Waals surface area contributed by atoms with Gasteiger partial charge in [-0.3, -0.25) is 4.79 Å². The highest BCUT2D eigenvalue weighted by atomic mass is 16.5. The molecule has 3 atom stereocenters. The van der Waals surface area contributed by atoms with E-state index in [9.17, 15) is 4.79 Å². The first-order valence-corrected chi connectivity index (χ1v) is 4.54. The van der Waals surface area contributed by atoms with E-state index in [0.29, 0.717) is 12.0 Å². The minimum atomic E-state index is -0.129. The second kappa shape index (κ2) is 2.73. The highest BCUT2D eigenvalue weighted by molar-refractivity contribution is 5.66. The molecule has 0 aromatic rings. The molecule has 68 valence electrons. The van der Waals surface area contributed by atoms with Gasteiger partial charge in [-0.2, -0.15) is 0 Å². The number of fused-ring (bicyclic) bond motifs is 2. The molecule has 1 aliphatic carbocycles. The van der Waals surface area contributed by atoms with Gasteiger partial charge in [-0.1, -0.05) is 0 Å². The Hall–Kier alpha value is -0.570. The largest absolute Gasteiger partial charge is 0.462 e. The Kier molecular flexibility index (Phi) is 1.83. The number of esters is 1. The summed E-state index contributed by atoms with van der Waals surface area (Å²) in [6.07, 6.45) is 2.47. The molecule has 1 heterocycles. The number of hydrogen-bond acceptors (Lipinski definition) is 3. The van der Waals surface area contributed by atoms with Crippen LogP contribution in [0, 0.1) is 5.92 Å². The summed E-state index contributed by atoms with van der Waals surface area (Å²) in [5.74, 6) is 0.471. The molecule has 0 aromatic heterocycles. The summed E-state index contributed by atoms with van der Waals surface area (Å²) >= 11 is 0. The van der Waals surface area contributed by atoms with Crippen LogP contribution < -0.4 is 0 Å². The summed E-state index contributed by atoms with van der Waals surface area (Å²) in [4.78, 5) is 13.1. The molecule has 0 radical (unpaired) electrons. The standard InChI is InChI=1S/C9H15NO2/c1-6(11)12-9-4-8-3-7(9)5-10(8)2/h7-9H,3-5H2,1-2H3/t7-,8-,9+/m1/s1. The Morgan fingerprint density at radius 2 is 2.25 bits per heavy atom. The van der Waals surface area contributed by atoms with Gasteiger partial charge in [0.2, 0.25) is 0 Å². The molecule has 1 aliphatic heterocycles. The zero-order valence-electron chi connectivity index (χ0n) is 7.62. The third kappa shape index (κ3) is 1.22. The van der Waals surface area contributed by atoms with Gasteiger partial charge in [0.25, 0.3) is 0 Å². The van der Waals surface area contributed by atoms with Crippen molar-refractivity contribution in [2.24, 2.45) is 5.92 Å². The van der Waals surface area contributed by atoms with E-state index in [4.69, 9.17) is 4.74 Å². The number of hydrogen-bond donors (Lipinski definition) is 0.